The number of nitrogen functional groups attached to an aromatic ring is 1. The molecule has 0 bridgehead atoms. The number of hydrogen-bond acceptors (Lipinski definition) is 3. The van der Waals surface area contributed by atoms with E-state index >= 15 is 0 Å². The van der Waals surface area contributed by atoms with Gasteiger partial charge in [-0.2, -0.15) is 0 Å². The predicted octanol–water partition coefficient (Wildman–Crippen LogP) is 2.03. The Bertz CT molecular complexity index is 493. The summed E-state index contributed by atoms with van der Waals surface area (Å²) in [7, 11) is 0. The zero-order valence-electron chi connectivity index (χ0n) is 12.7. The minimum atomic E-state index is 0.157. The van der Waals surface area contributed by atoms with Crippen molar-refractivity contribution in [2.24, 2.45) is 5.73 Å². The van der Waals surface area contributed by atoms with Gasteiger partial charge in [-0.15, -0.1) is 0 Å². The highest BCUT2D eigenvalue weighted by Gasteiger charge is 2.28. The van der Waals surface area contributed by atoms with Crippen molar-refractivity contribution in [1.82, 2.24) is 9.80 Å². The Morgan fingerprint density at radius 3 is 2.76 bits per heavy atom. The van der Waals surface area contributed by atoms with Crippen LogP contribution in [0.3, 0.4) is 0 Å². The first-order valence-electron chi connectivity index (χ1n) is 8.12. The van der Waals surface area contributed by atoms with Crippen molar-refractivity contribution in [2.75, 3.05) is 26.2 Å². The molecule has 4 nitrogen and oxygen atoms in total. The molecule has 1 aromatic carbocycles. The second-order valence-corrected chi connectivity index (χ2v) is 6.39. The van der Waals surface area contributed by atoms with E-state index in [1.165, 1.54) is 57.4 Å². The van der Waals surface area contributed by atoms with Crippen molar-refractivity contribution in [2.45, 2.75) is 38.3 Å². The summed E-state index contributed by atoms with van der Waals surface area (Å²) < 4.78 is 0. The smallest absolute Gasteiger partial charge is 0.122 e. The molecule has 0 aromatic heterocycles. The van der Waals surface area contributed by atoms with Gasteiger partial charge in [-0.3, -0.25) is 15.2 Å². The molecule has 2 fully saturated rings. The van der Waals surface area contributed by atoms with Gasteiger partial charge >= 0.3 is 0 Å². The molecule has 2 aliphatic rings. The molecule has 0 spiro atoms. The van der Waals surface area contributed by atoms with Crippen LogP contribution in [0.1, 0.15) is 36.8 Å². The molecule has 21 heavy (non-hydrogen) atoms. The van der Waals surface area contributed by atoms with Crippen molar-refractivity contribution >= 4 is 5.84 Å². The highest BCUT2D eigenvalue weighted by Crippen LogP contribution is 2.21. The maximum atomic E-state index is 7.54. The Kier molecular flexibility index (Phi) is 4.56. The van der Waals surface area contributed by atoms with Crippen molar-refractivity contribution < 1.29 is 0 Å². The van der Waals surface area contributed by atoms with Gasteiger partial charge in [0.15, 0.2) is 0 Å². The first-order chi connectivity index (χ1) is 10.2. The third-order valence-corrected chi connectivity index (χ3v) is 4.80. The number of rotatable bonds is 4. The molecule has 0 radical (unpaired) electrons. The summed E-state index contributed by atoms with van der Waals surface area (Å²) in [6, 6.07) is 8.86. The first kappa shape index (κ1) is 14.5. The van der Waals surface area contributed by atoms with Crippen LogP contribution in [0.25, 0.3) is 0 Å². The van der Waals surface area contributed by atoms with E-state index in [1.54, 1.807) is 0 Å². The van der Waals surface area contributed by atoms with Gasteiger partial charge in [-0.1, -0.05) is 24.6 Å². The Morgan fingerprint density at radius 1 is 1.19 bits per heavy atom. The third-order valence-electron chi connectivity index (χ3n) is 4.80. The molecular formula is C17H26N4. The number of nitrogens with zero attached hydrogens (tertiary/aromatic N) is 2. The van der Waals surface area contributed by atoms with E-state index in [0.29, 0.717) is 0 Å². The van der Waals surface area contributed by atoms with Crippen LogP contribution in [0.4, 0.5) is 0 Å². The summed E-state index contributed by atoms with van der Waals surface area (Å²) >= 11 is 0. The molecule has 0 aliphatic carbocycles. The molecule has 3 N–H and O–H groups in total. The van der Waals surface area contributed by atoms with Crippen LogP contribution in [0, 0.1) is 5.41 Å². The molecule has 1 unspecified atom stereocenters. The highest BCUT2D eigenvalue weighted by molar-refractivity contribution is 5.95. The van der Waals surface area contributed by atoms with E-state index in [-0.39, 0.29) is 5.84 Å². The summed E-state index contributed by atoms with van der Waals surface area (Å²) in [6.07, 6.45) is 5.45. The second-order valence-electron chi connectivity index (χ2n) is 6.39. The SMILES string of the molecule is N=C(N)c1cccc(CN2CCC(N3CCCCC3)C2)c1. The minimum Gasteiger partial charge on any atom is -0.384 e. The largest absolute Gasteiger partial charge is 0.384 e. The number of nitrogens with two attached hydrogens (primary N) is 1. The summed E-state index contributed by atoms with van der Waals surface area (Å²) in [4.78, 5) is 5.23. The van der Waals surface area contributed by atoms with Gasteiger partial charge in [-0.25, -0.2) is 0 Å². The number of piperidine rings is 1. The van der Waals surface area contributed by atoms with Crippen LogP contribution in [0.2, 0.25) is 0 Å². The Labute approximate surface area is 127 Å². The molecule has 2 heterocycles. The number of benzene rings is 1. The van der Waals surface area contributed by atoms with Gasteiger partial charge in [0.25, 0.3) is 0 Å². The van der Waals surface area contributed by atoms with E-state index in [9.17, 15) is 0 Å². The van der Waals surface area contributed by atoms with Crippen molar-refractivity contribution in [3.63, 3.8) is 0 Å². The van der Waals surface area contributed by atoms with E-state index in [4.69, 9.17) is 11.1 Å². The van der Waals surface area contributed by atoms with Crippen LogP contribution in [-0.4, -0.2) is 47.9 Å². The zero-order chi connectivity index (χ0) is 14.7. The van der Waals surface area contributed by atoms with Gasteiger partial charge in [0.1, 0.15) is 5.84 Å². The zero-order valence-corrected chi connectivity index (χ0v) is 12.7. The maximum Gasteiger partial charge on any atom is 0.122 e. The lowest BCUT2D eigenvalue weighted by atomic mass is 10.1. The second kappa shape index (κ2) is 6.58. The Balaban J connectivity index is 1.56. The van der Waals surface area contributed by atoms with E-state index in [0.717, 1.165) is 18.2 Å². The van der Waals surface area contributed by atoms with Gasteiger partial charge in [0, 0.05) is 31.2 Å². The predicted molar refractivity (Wildman–Crippen MR) is 86.6 cm³/mol. The monoisotopic (exact) mass is 286 g/mol. The highest BCUT2D eigenvalue weighted by atomic mass is 15.3. The molecule has 2 saturated heterocycles. The fourth-order valence-corrected chi connectivity index (χ4v) is 3.63. The summed E-state index contributed by atoms with van der Waals surface area (Å²) in [6.45, 7) is 5.93. The fourth-order valence-electron chi connectivity index (χ4n) is 3.63. The van der Waals surface area contributed by atoms with E-state index in [2.05, 4.69) is 21.9 Å². The number of hydrogen-bond donors (Lipinski definition) is 2. The minimum absolute atomic E-state index is 0.157. The fraction of sp³-hybridized carbons (Fsp3) is 0.588. The standard InChI is InChI=1S/C17H26N4/c18-17(19)15-6-4-5-14(11-15)12-20-10-7-16(13-20)21-8-2-1-3-9-21/h4-6,11,16H,1-3,7-10,12-13H2,(H3,18,19). The molecule has 3 rings (SSSR count). The Hall–Kier alpha value is -1.39. The molecule has 0 saturated carbocycles. The van der Waals surface area contributed by atoms with Crippen molar-refractivity contribution in [3.05, 3.63) is 35.4 Å². The Morgan fingerprint density at radius 2 is 2.00 bits per heavy atom. The van der Waals surface area contributed by atoms with Gasteiger partial charge in [0.2, 0.25) is 0 Å². The van der Waals surface area contributed by atoms with E-state index < -0.39 is 0 Å². The van der Waals surface area contributed by atoms with Gasteiger partial charge < -0.3 is 5.73 Å². The van der Waals surface area contributed by atoms with E-state index in [1.807, 2.05) is 12.1 Å². The summed E-state index contributed by atoms with van der Waals surface area (Å²) in [5, 5.41) is 7.54. The average molecular weight is 286 g/mol. The molecule has 2 aliphatic heterocycles. The first-order valence-corrected chi connectivity index (χ1v) is 8.12. The van der Waals surface area contributed by atoms with Gasteiger partial charge in [-0.05, 0) is 44.0 Å². The lowest BCUT2D eigenvalue weighted by Crippen LogP contribution is -2.40. The van der Waals surface area contributed by atoms with Crippen LogP contribution >= 0.6 is 0 Å². The van der Waals surface area contributed by atoms with Crippen LogP contribution in [-0.2, 0) is 6.54 Å². The van der Waals surface area contributed by atoms with Crippen LogP contribution in [0.5, 0.6) is 0 Å². The molecule has 1 aromatic rings. The van der Waals surface area contributed by atoms with Crippen LogP contribution < -0.4 is 5.73 Å². The summed E-state index contributed by atoms with van der Waals surface area (Å²) in [5.74, 6) is 0.157. The third kappa shape index (κ3) is 3.63. The number of likely N-dealkylation sites (tertiary alicyclic amines) is 2. The molecule has 114 valence electrons. The average Bonchev–Trinajstić information content (AvgIpc) is 2.97. The lowest BCUT2D eigenvalue weighted by molar-refractivity contribution is 0.161. The molecule has 4 heteroatoms. The molecule has 0 amide bonds. The quantitative estimate of drug-likeness (QED) is 0.658. The van der Waals surface area contributed by atoms with Gasteiger partial charge in [0.05, 0.1) is 0 Å². The number of amidine groups is 1. The molecule has 1 atom stereocenters. The lowest BCUT2D eigenvalue weighted by Gasteiger charge is -2.32. The topological polar surface area (TPSA) is 56.4 Å². The van der Waals surface area contributed by atoms with Crippen molar-refractivity contribution in [1.29, 1.82) is 5.41 Å². The van der Waals surface area contributed by atoms with Crippen LogP contribution in [0.15, 0.2) is 24.3 Å². The number of nitrogens with one attached hydrogen (secondary N) is 1. The van der Waals surface area contributed by atoms with Crippen molar-refractivity contribution in [3.8, 4) is 0 Å². The molecular weight excluding hydrogens is 260 g/mol. The summed E-state index contributed by atoms with van der Waals surface area (Å²) in [5.41, 5.74) is 7.67. The normalized spacial score (nSPS) is 24.3. The maximum absolute atomic E-state index is 7.54.